The molecule has 2 aliphatic rings. The van der Waals surface area contributed by atoms with Crippen LogP contribution in [0.3, 0.4) is 0 Å². The number of likely N-dealkylation sites (tertiary alicyclic amines) is 1. The van der Waals surface area contributed by atoms with Gasteiger partial charge in [-0.3, -0.25) is 0 Å². The van der Waals surface area contributed by atoms with Crippen LogP contribution in [0, 0.1) is 25.6 Å². The van der Waals surface area contributed by atoms with Gasteiger partial charge in [-0.25, -0.2) is 14.2 Å². The number of aromatic nitrogens is 5. The topological polar surface area (TPSA) is 110 Å². The molecule has 3 aromatic rings. The predicted molar refractivity (Wildman–Crippen MR) is 108 cm³/mol. The number of fused-ring (bicyclic) bond motifs is 2. The fraction of sp³-hybridized carbons (Fsp3) is 0.429. The van der Waals surface area contributed by atoms with Gasteiger partial charge in [-0.15, -0.1) is 5.10 Å². The Labute approximate surface area is 178 Å². The van der Waals surface area contributed by atoms with Gasteiger partial charge in [0.2, 0.25) is 0 Å². The third-order valence-corrected chi connectivity index (χ3v) is 6.18. The van der Waals surface area contributed by atoms with Crippen molar-refractivity contribution in [1.82, 2.24) is 30.2 Å². The Morgan fingerprint density at radius 1 is 1.29 bits per heavy atom. The lowest BCUT2D eigenvalue weighted by molar-refractivity contribution is -0.112. The zero-order valence-electron chi connectivity index (χ0n) is 17.5. The summed E-state index contributed by atoms with van der Waals surface area (Å²) in [5.41, 5.74) is 0.665. The van der Waals surface area contributed by atoms with E-state index < -0.39 is 11.4 Å². The van der Waals surface area contributed by atoms with Gasteiger partial charge in [0.1, 0.15) is 11.4 Å². The maximum Gasteiger partial charge on any atom is 0.323 e. The van der Waals surface area contributed by atoms with Crippen LogP contribution in [0.2, 0.25) is 0 Å². The molecule has 1 aliphatic carbocycles. The highest BCUT2D eigenvalue weighted by Crippen LogP contribution is 2.55. The molecule has 3 heterocycles. The molecule has 0 spiro atoms. The number of amides is 2. The number of nitrogens with one attached hydrogen (secondary N) is 1. The molecule has 1 aliphatic heterocycles. The number of carbonyl (C=O) groups excluding carboxylic acids is 1. The summed E-state index contributed by atoms with van der Waals surface area (Å²) in [4.78, 5) is 23.6. The third kappa shape index (κ3) is 3.13. The number of hydrogen-bond donors (Lipinski definition) is 1. The van der Waals surface area contributed by atoms with Crippen molar-refractivity contribution < 1.29 is 13.7 Å². The average Bonchev–Trinajstić information content (AvgIpc) is 3.17. The van der Waals surface area contributed by atoms with Gasteiger partial charge < -0.3 is 14.7 Å². The molecule has 2 aromatic heterocycles. The lowest BCUT2D eigenvalue weighted by Crippen LogP contribution is -2.70. The van der Waals surface area contributed by atoms with Crippen molar-refractivity contribution in [3.05, 3.63) is 47.6 Å². The standard InChI is InChI=1S/C21H22FN7O2/c1-11-6-14-10-21(9-11,19-25-13(3)28-31-19)29(14)20(30)26-17-8-15(12(2)7-16(17)22)18-23-4-5-24-27-18/h4-5,7-8,11,14H,6,9-10H2,1-3H3,(H,26,30)/t11-,14?,21?/m0/s1. The number of carbonyl (C=O) groups is 1. The summed E-state index contributed by atoms with van der Waals surface area (Å²) in [5, 5.41) is 14.5. The van der Waals surface area contributed by atoms with Gasteiger partial charge in [-0.1, -0.05) is 12.1 Å². The summed E-state index contributed by atoms with van der Waals surface area (Å²) >= 11 is 0. The summed E-state index contributed by atoms with van der Waals surface area (Å²) < 4.78 is 20.2. The highest BCUT2D eigenvalue weighted by molar-refractivity contribution is 5.92. The SMILES string of the molecule is Cc1noc(C23CC(C[C@H](C)C2)N3C(=O)Nc2cc(-c3nccnn3)c(C)cc2F)n1. The van der Waals surface area contributed by atoms with Gasteiger partial charge in [0.05, 0.1) is 11.9 Å². The van der Waals surface area contributed by atoms with Gasteiger partial charge in [-0.05, 0) is 50.3 Å². The monoisotopic (exact) mass is 423 g/mol. The van der Waals surface area contributed by atoms with Crippen LogP contribution in [0.15, 0.2) is 29.0 Å². The number of anilines is 1. The van der Waals surface area contributed by atoms with E-state index in [9.17, 15) is 9.18 Å². The van der Waals surface area contributed by atoms with Crippen molar-refractivity contribution in [2.24, 2.45) is 5.92 Å². The van der Waals surface area contributed by atoms with Crippen molar-refractivity contribution in [3.8, 4) is 11.4 Å². The summed E-state index contributed by atoms with van der Waals surface area (Å²) in [7, 11) is 0. The Morgan fingerprint density at radius 3 is 2.84 bits per heavy atom. The van der Waals surface area contributed by atoms with Crippen LogP contribution in [0.25, 0.3) is 11.4 Å². The van der Waals surface area contributed by atoms with Gasteiger partial charge in [0, 0.05) is 24.2 Å². The Hall–Kier alpha value is -3.43. The molecule has 9 nitrogen and oxygen atoms in total. The zero-order chi connectivity index (χ0) is 21.8. The van der Waals surface area contributed by atoms with Gasteiger partial charge in [0.25, 0.3) is 5.89 Å². The van der Waals surface area contributed by atoms with Crippen molar-refractivity contribution in [2.75, 3.05) is 5.32 Å². The first kappa shape index (κ1) is 19.5. The largest absolute Gasteiger partial charge is 0.337 e. The van der Waals surface area contributed by atoms with Crippen molar-refractivity contribution in [2.45, 2.75) is 51.6 Å². The van der Waals surface area contributed by atoms with Crippen LogP contribution < -0.4 is 5.32 Å². The van der Waals surface area contributed by atoms with Crippen LogP contribution in [-0.2, 0) is 5.54 Å². The highest BCUT2D eigenvalue weighted by atomic mass is 19.1. The molecule has 1 saturated carbocycles. The number of urea groups is 1. The highest BCUT2D eigenvalue weighted by Gasteiger charge is 2.62. The molecule has 2 fully saturated rings. The fourth-order valence-electron chi connectivity index (χ4n) is 4.99. The number of rotatable bonds is 3. The van der Waals surface area contributed by atoms with Crippen LogP contribution in [0.4, 0.5) is 14.9 Å². The number of piperidine rings is 1. The number of halogens is 1. The fourth-order valence-corrected chi connectivity index (χ4v) is 4.99. The van der Waals surface area contributed by atoms with E-state index in [4.69, 9.17) is 4.52 Å². The predicted octanol–water partition coefficient (Wildman–Crippen LogP) is 3.61. The van der Waals surface area contributed by atoms with E-state index in [1.807, 2.05) is 0 Å². The zero-order valence-corrected chi connectivity index (χ0v) is 17.5. The molecule has 31 heavy (non-hydrogen) atoms. The number of hydrogen-bond acceptors (Lipinski definition) is 7. The second kappa shape index (κ2) is 7.07. The molecule has 2 unspecified atom stereocenters. The summed E-state index contributed by atoms with van der Waals surface area (Å²) in [5.74, 6) is 1.22. The minimum atomic E-state index is -0.649. The van der Waals surface area contributed by atoms with Crippen LogP contribution >= 0.6 is 0 Å². The second-order valence-electron chi connectivity index (χ2n) is 8.49. The number of benzene rings is 1. The smallest absolute Gasteiger partial charge is 0.323 e. The molecule has 3 atom stereocenters. The third-order valence-electron chi connectivity index (χ3n) is 6.18. The Morgan fingerprint density at radius 2 is 2.13 bits per heavy atom. The van der Waals surface area contributed by atoms with Crippen molar-refractivity contribution in [3.63, 3.8) is 0 Å². The lowest BCUT2D eigenvalue weighted by Gasteiger charge is -2.61. The molecule has 10 heteroatoms. The van der Waals surface area contributed by atoms with Crippen LogP contribution in [-0.4, -0.2) is 42.3 Å². The normalized spacial score (nSPS) is 24.6. The first-order valence-corrected chi connectivity index (χ1v) is 10.2. The molecule has 5 rings (SSSR count). The Bertz CT molecular complexity index is 1150. The molecule has 1 saturated heterocycles. The number of nitrogens with zero attached hydrogens (tertiary/aromatic N) is 6. The molecule has 160 valence electrons. The van der Waals surface area contributed by atoms with Gasteiger partial charge in [0.15, 0.2) is 11.6 Å². The minimum absolute atomic E-state index is 0.0468. The molecule has 2 bridgehead atoms. The summed E-state index contributed by atoms with van der Waals surface area (Å²) in [6.45, 7) is 5.66. The second-order valence-corrected chi connectivity index (χ2v) is 8.49. The first-order valence-electron chi connectivity index (χ1n) is 10.2. The molecular weight excluding hydrogens is 401 g/mol. The first-order chi connectivity index (χ1) is 14.9. The molecular formula is C21H22FN7O2. The maximum atomic E-state index is 14.7. The van der Waals surface area contributed by atoms with Crippen molar-refractivity contribution in [1.29, 1.82) is 0 Å². The summed E-state index contributed by atoms with van der Waals surface area (Å²) in [6, 6.07) is 2.56. The lowest BCUT2D eigenvalue weighted by atomic mass is 9.64. The molecule has 1 aromatic carbocycles. The van der Waals surface area contributed by atoms with E-state index >= 15 is 0 Å². The minimum Gasteiger partial charge on any atom is -0.337 e. The quantitative estimate of drug-likeness (QED) is 0.685. The molecule has 1 N–H and O–H groups in total. The average molecular weight is 423 g/mol. The van der Waals surface area contributed by atoms with E-state index in [1.165, 1.54) is 18.5 Å². The van der Waals surface area contributed by atoms with E-state index in [2.05, 4.69) is 37.6 Å². The van der Waals surface area contributed by atoms with Crippen molar-refractivity contribution >= 4 is 11.7 Å². The van der Waals surface area contributed by atoms with E-state index in [0.717, 1.165) is 19.3 Å². The molecule has 0 radical (unpaired) electrons. The van der Waals surface area contributed by atoms with Gasteiger partial charge in [-0.2, -0.15) is 10.1 Å². The maximum absolute atomic E-state index is 14.7. The van der Waals surface area contributed by atoms with E-state index in [0.29, 0.717) is 34.6 Å². The van der Waals surface area contributed by atoms with Gasteiger partial charge >= 0.3 is 6.03 Å². The van der Waals surface area contributed by atoms with Crippen LogP contribution in [0.5, 0.6) is 0 Å². The Kier molecular flexibility index (Phi) is 4.45. The summed E-state index contributed by atoms with van der Waals surface area (Å²) in [6.07, 6.45) is 5.35. The molecule has 2 amide bonds. The van der Waals surface area contributed by atoms with E-state index in [-0.39, 0.29) is 17.8 Å². The van der Waals surface area contributed by atoms with E-state index in [1.54, 1.807) is 24.8 Å². The number of aryl methyl sites for hydroxylation is 2. The van der Waals surface area contributed by atoms with Crippen LogP contribution in [0.1, 0.15) is 43.5 Å². The Balaban J connectivity index is 1.46.